The maximum Gasteiger partial charge on any atom is 0.494 e. The lowest BCUT2D eigenvalue weighted by atomic mass is 9.72. The highest BCUT2D eigenvalue weighted by molar-refractivity contribution is 6.62. The Morgan fingerprint density at radius 3 is 2.22 bits per heavy atom. The largest absolute Gasteiger partial charge is 0.494 e. The number of hydrogen-bond acceptors (Lipinski definition) is 6. The van der Waals surface area contributed by atoms with Gasteiger partial charge in [0.1, 0.15) is 0 Å². The van der Waals surface area contributed by atoms with Crippen molar-refractivity contribution in [3.63, 3.8) is 0 Å². The summed E-state index contributed by atoms with van der Waals surface area (Å²) >= 11 is 0. The number of carbonyl (C=O) groups excluding carboxylic acids is 1. The molecule has 0 aromatic heterocycles. The van der Waals surface area contributed by atoms with Crippen molar-refractivity contribution in [1.29, 1.82) is 0 Å². The fourth-order valence-electron chi connectivity index (χ4n) is 6.94. The number of amides is 1. The highest BCUT2D eigenvalue weighted by Crippen LogP contribution is 2.50. The number of aliphatic hydroxyl groups excluding tert-OH is 1. The number of nitrogens with one attached hydrogen (secondary N) is 1. The third kappa shape index (κ3) is 3.55. The number of anilines is 1. The molecule has 1 aliphatic carbocycles. The highest BCUT2D eigenvalue weighted by atomic mass is 16.7. The van der Waals surface area contributed by atoms with Gasteiger partial charge in [0, 0.05) is 36.3 Å². The van der Waals surface area contributed by atoms with Crippen LogP contribution in [0.1, 0.15) is 72.8 Å². The Balaban J connectivity index is 1.29. The Kier molecular flexibility index (Phi) is 5.55. The van der Waals surface area contributed by atoms with Crippen LogP contribution in [0, 0.1) is 5.41 Å². The van der Waals surface area contributed by atoms with Gasteiger partial charge < -0.3 is 24.6 Å². The molecule has 6 rings (SSSR count). The molecule has 1 aromatic rings. The zero-order valence-corrected chi connectivity index (χ0v) is 22.8. The third-order valence-electron chi connectivity index (χ3n) is 10.3. The van der Waals surface area contributed by atoms with Crippen molar-refractivity contribution >= 4 is 24.2 Å². The van der Waals surface area contributed by atoms with E-state index in [0.29, 0.717) is 6.04 Å². The number of piperidine rings is 1. The van der Waals surface area contributed by atoms with E-state index in [-0.39, 0.29) is 23.5 Å². The maximum atomic E-state index is 14.2. The van der Waals surface area contributed by atoms with Crippen LogP contribution in [0.5, 0.6) is 0 Å². The van der Waals surface area contributed by atoms with Gasteiger partial charge in [-0.1, -0.05) is 26.0 Å². The number of benzene rings is 1. The second kappa shape index (κ2) is 8.03. The van der Waals surface area contributed by atoms with E-state index in [1.807, 2.05) is 0 Å². The average molecular weight is 495 g/mol. The number of rotatable bonds is 3. The van der Waals surface area contributed by atoms with E-state index in [1.165, 1.54) is 5.56 Å². The summed E-state index contributed by atoms with van der Waals surface area (Å²) in [6, 6.07) is 7.08. The molecule has 3 saturated heterocycles. The van der Waals surface area contributed by atoms with Crippen LogP contribution >= 0.6 is 0 Å². The van der Waals surface area contributed by atoms with Gasteiger partial charge in [0.2, 0.25) is 5.91 Å². The second-order valence-electron chi connectivity index (χ2n) is 13.6. The molecule has 7 nitrogen and oxygen atoms in total. The summed E-state index contributed by atoms with van der Waals surface area (Å²) in [6.45, 7) is 16.0. The quantitative estimate of drug-likeness (QED) is 0.627. The van der Waals surface area contributed by atoms with Crippen LogP contribution in [0.15, 0.2) is 18.2 Å². The molecule has 1 aromatic carbocycles. The summed E-state index contributed by atoms with van der Waals surface area (Å²) in [7, 11) is -0.440. The van der Waals surface area contributed by atoms with Crippen LogP contribution < -0.4 is 15.7 Å². The van der Waals surface area contributed by atoms with Crippen molar-refractivity contribution in [1.82, 2.24) is 10.2 Å². The lowest BCUT2D eigenvalue weighted by molar-refractivity contribution is -0.125. The van der Waals surface area contributed by atoms with Gasteiger partial charge in [-0.05, 0) is 83.6 Å². The summed E-state index contributed by atoms with van der Waals surface area (Å²) in [6.07, 6.45) is 3.32. The normalized spacial score (nSPS) is 34.3. The van der Waals surface area contributed by atoms with E-state index >= 15 is 0 Å². The molecule has 36 heavy (non-hydrogen) atoms. The number of hydrogen-bond donors (Lipinski definition) is 2. The van der Waals surface area contributed by atoms with Gasteiger partial charge in [0.25, 0.3) is 0 Å². The molecule has 0 unspecified atom stereocenters. The first-order valence-electron chi connectivity index (χ1n) is 13.8. The fraction of sp³-hybridized carbons (Fsp3) is 0.750. The first-order valence-corrected chi connectivity index (χ1v) is 13.8. The topological polar surface area (TPSA) is 74.3 Å². The number of β-amino-alcohol motifs (C(OH)–C–C–N with tert-alkyl or cyclic N) is 1. The van der Waals surface area contributed by atoms with Crippen molar-refractivity contribution < 1.29 is 19.2 Å². The van der Waals surface area contributed by atoms with E-state index in [0.717, 1.165) is 63.0 Å². The van der Waals surface area contributed by atoms with Crippen LogP contribution in [-0.4, -0.2) is 78.6 Å². The zero-order valence-electron chi connectivity index (χ0n) is 22.8. The van der Waals surface area contributed by atoms with E-state index in [1.54, 1.807) is 0 Å². The van der Waals surface area contributed by atoms with Crippen molar-refractivity contribution in [2.24, 2.45) is 5.41 Å². The zero-order chi connectivity index (χ0) is 25.7. The summed E-state index contributed by atoms with van der Waals surface area (Å²) in [5, 5.41) is 13.9. The van der Waals surface area contributed by atoms with Crippen molar-refractivity contribution in [2.45, 2.75) is 102 Å². The van der Waals surface area contributed by atoms with E-state index in [4.69, 9.17) is 9.31 Å². The smallest absolute Gasteiger partial charge is 0.399 e. The molecule has 2 N–H and O–H groups in total. The number of nitrogens with zero attached hydrogens (tertiary/aromatic N) is 2. The van der Waals surface area contributed by atoms with E-state index in [2.05, 4.69) is 74.9 Å². The molecule has 4 aliphatic heterocycles. The summed E-state index contributed by atoms with van der Waals surface area (Å²) < 4.78 is 12.7. The minimum atomic E-state index is -0.440. The first kappa shape index (κ1) is 24.9. The standard InChI is InChI=1S/C28H42BN3O4/c1-25(2)17-31(16-23(25)33)19-14-20(15-19)32-22-13-18(29-35-26(3,4)27(5,6)36-29)7-8-21(22)28(24(32)34)9-11-30-12-10-28/h7-8,13,19-20,23,30,33H,9-12,14-17H2,1-6H3/t19-,20+,23-/m1/s1. The molecule has 4 heterocycles. The Labute approximate surface area is 216 Å². The van der Waals surface area contributed by atoms with Crippen LogP contribution in [0.3, 0.4) is 0 Å². The van der Waals surface area contributed by atoms with Gasteiger partial charge in [0.05, 0.1) is 22.7 Å². The SMILES string of the molecule is CC1(C)CN([C@H]2C[C@@H](N3C(=O)C4(CCNCC4)c4ccc(B5OC(C)(C)C(C)(C)O5)cc43)C2)C[C@H]1O. The fourth-order valence-corrected chi connectivity index (χ4v) is 6.94. The Morgan fingerprint density at radius 2 is 1.64 bits per heavy atom. The molecule has 1 spiro atoms. The van der Waals surface area contributed by atoms with Crippen LogP contribution in [0.4, 0.5) is 5.69 Å². The summed E-state index contributed by atoms with van der Waals surface area (Å²) in [5.41, 5.74) is 1.91. The van der Waals surface area contributed by atoms with Crippen LogP contribution in [0.25, 0.3) is 0 Å². The second-order valence-corrected chi connectivity index (χ2v) is 13.6. The monoisotopic (exact) mass is 495 g/mol. The van der Waals surface area contributed by atoms with Gasteiger partial charge >= 0.3 is 7.12 Å². The van der Waals surface area contributed by atoms with E-state index in [9.17, 15) is 9.90 Å². The molecular formula is C28H42BN3O4. The molecule has 196 valence electrons. The molecule has 0 radical (unpaired) electrons. The molecule has 1 atom stereocenters. The molecule has 4 fully saturated rings. The minimum absolute atomic E-state index is 0.0714. The third-order valence-corrected chi connectivity index (χ3v) is 10.3. The maximum absolute atomic E-state index is 14.2. The van der Waals surface area contributed by atoms with Crippen molar-refractivity contribution in [3.8, 4) is 0 Å². The highest BCUT2D eigenvalue weighted by Gasteiger charge is 2.57. The first-order chi connectivity index (χ1) is 16.8. The van der Waals surface area contributed by atoms with Gasteiger partial charge in [-0.3, -0.25) is 9.69 Å². The molecule has 0 bridgehead atoms. The predicted octanol–water partition coefficient (Wildman–Crippen LogP) is 2.19. The van der Waals surface area contributed by atoms with Crippen molar-refractivity contribution in [2.75, 3.05) is 31.1 Å². The summed E-state index contributed by atoms with van der Waals surface area (Å²) in [4.78, 5) is 18.7. The van der Waals surface area contributed by atoms with Gasteiger partial charge in [0.15, 0.2) is 0 Å². The number of aliphatic hydroxyl groups is 1. The Bertz CT molecular complexity index is 1040. The van der Waals surface area contributed by atoms with Gasteiger partial charge in [-0.15, -0.1) is 0 Å². The molecule has 5 aliphatic rings. The number of fused-ring (bicyclic) bond motifs is 2. The number of likely N-dealkylation sites (tertiary alicyclic amines) is 1. The molecule has 1 saturated carbocycles. The average Bonchev–Trinajstić information content (AvgIpc) is 3.27. The Morgan fingerprint density at radius 1 is 1.00 bits per heavy atom. The summed E-state index contributed by atoms with van der Waals surface area (Å²) in [5.74, 6) is 0.273. The van der Waals surface area contributed by atoms with Gasteiger partial charge in [-0.25, -0.2) is 0 Å². The minimum Gasteiger partial charge on any atom is -0.399 e. The lowest BCUT2D eigenvalue weighted by Gasteiger charge is -2.46. The van der Waals surface area contributed by atoms with E-state index < -0.39 is 23.7 Å². The lowest BCUT2D eigenvalue weighted by Crippen LogP contribution is -2.57. The van der Waals surface area contributed by atoms with Crippen LogP contribution in [0.2, 0.25) is 0 Å². The molecule has 1 amide bonds. The predicted molar refractivity (Wildman–Crippen MR) is 142 cm³/mol. The Hall–Kier alpha value is -1.45. The van der Waals surface area contributed by atoms with Crippen molar-refractivity contribution in [3.05, 3.63) is 23.8 Å². The number of carbonyl (C=O) groups is 1. The van der Waals surface area contributed by atoms with Gasteiger partial charge in [-0.2, -0.15) is 0 Å². The molecular weight excluding hydrogens is 453 g/mol. The van der Waals surface area contributed by atoms with Crippen LogP contribution in [-0.2, 0) is 19.5 Å². The molecule has 8 heteroatoms.